The smallest absolute Gasteiger partial charge is 0.165 e. The fourth-order valence-electron chi connectivity index (χ4n) is 5.91. The highest BCUT2D eigenvalue weighted by Crippen LogP contribution is 2.31. The van der Waals surface area contributed by atoms with Crippen LogP contribution in [-0.4, -0.2) is 87.7 Å². The van der Waals surface area contributed by atoms with Crippen molar-refractivity contribution in [3.8, 4) is 11.1 Å². The van der Waals surface area contributed by atoms with Gasteiger partial charge in [0.25, 0.3) is 0 Å². The molecule has 2 aromatic heterocycles. The van der Waals surface area contributed by atoms with Crippen LogP contribution in [0.15, 0.2) is 54.9 Å². The van der Waals surface area contributed by atoms with Crippen molar-refractivity contribution in [2.24, 2.45) is 0 Å². The molecule has 0 radical (unpaired) electrons. The van der Waals surface area contributed by atoms with Gasteiger partial charge < -0.3 is 16.4 Å². The second-order valence-electron chi connectivity index (χ2n) is 10.4. The van der Waals surface area contributed by atoms with Gasteiger partial charge in [-0.3, -0.25) is 9.80 Å². The lowest BCUT2D eigenvalue weighted by atomic mass is 9.97. The number of nitrogens with zero attached hydrogens (tertiary/aromatic N) is 6. The number of hydrogen-bond acceptors (Lipinski definition) is 7. The number of likely N-dealkylation sites (tertiary alicyclic amines) is 1. The number of allylic oxidation sites excluding steroid dienone is 2. The van der Waals surface area contributed by atoms with Gasteiger partial charge in [-0.25, -0.2) is 4.98 Å². The predicted octanol–water partition coefficient (Wildman–Crippen LogP) is 2.98. The summed E-state index contributed by atoms with van der Waals surface area (Å²) in [5.74, 6) is 0.580. The highest BCUT2D eigenvalue weighted by atomic mass is 15.3. The zero-order chi connectivity index (χ0) is 24.6. The molecule has 4 heterocycles. The Morgan fingerprint density at radius 2 is 1.58 bits per heavy atom. The highest BCUT2D eigenvalue weighted by molar-refractivity contribution is 5.85. The number of rotatable bonds is 4. The van der Waals surface area contributed by atoms with E-state index in [1.807, 2.05) is 36.7 Å². The van der Waals surface area contributed by atoms with E-state index in [2.05, 4.69) is 45.1 Å². The number of piperazine rings is 1. The van der Waals surface area contributed by atoms with Crippen LogP contribution < -0.4 is 11.5 Å². The van der Waals surface area contributed by atoms with E-state index < -0.39 is 0 Å². The summed E-state index contributed by atoms with van der Waals surface area (Å²) in [6.45, 7) is 7.12. The van der Waals surface area contributed by atoms with E-state index in [4.69, 9.17) is 16.5 Å². The molecule has 2 aliphatic heterocycles. The average molecular weight is 485 g/mol. The SMILES string of the molecule is CN1CCC(N2CCN(C3C=CC(c4cnn5c(N)c(-c6ccc(N)cc6)cnc45)=CC3)CC2)CC1. The molecule has 0 bridgehead atoms. The molecule has 4 N–H and O–H groups in total. The summed E-state index contributed by atoms with van der Waals surface area (Å²) in [6.07, 6.45) is 14.3. The van der Waals surface area contributed by atoms with Crippen molar-refractivity contribution < 1.29 is 0 Å². The molecule has 1 atom stereocenters. The Hall–Kier alpha value is -3.20. The zero-order valence-corrected chi connectivity index (χ0v) is 21.1. The molecule has 3 aliphatic rings. The first-order valence-electron chi connectivity index (χ1n) is 13.1. The summed E-state index contributed by atoms with van der Waals surface area (Å²) in [7, 11) is 2.24. The van der Waals surface area contributed by atoms with Crippen LogP contribution in [0.5, 0.6) is 0 Å². The van der Waals surface area contributed by atoms with E-state index in [9.17, 15) is 0 Å². The number of anilines is 2. The first kappa shape index (κ1) is 23.2. The van der Waals surface area contributed by atoms with Crippen molar-refractivity contribution in [3.05, 3.63) is 60.5 Å². The zero-order valence-electron chi connectivity index (χ0n) is 21.1. The molecule has 1 aliphatic carbocycles. The molecule has 0 spiro atoms. The van der Waals surface area contributed by atoms with Crippen LogP contribution in [0.25, 0.3) is 22.3 Å². The van der Waals surface area contributed by atoms with E-state index in [0.29, 0.717) is 11.9 Å². The molecular weight excluding hydrogens is 448 g/mol. The molecule has 0 amide bonds. The van der Waals surface area contributed by atoms with Crippen molar-refractivity contribution in [3.63, 3.8) is 0 Å². The summed E-state index contributed by atoms with van der Waals surface area (Å²) >= 11 is 0. The van der Waals surface area contributed by atoms with Crippen LogP contribution in [0.3, 0.4) is 0 Å². The lowest BCUT2D eigenvalue weighted by Gasteiger charge is -2.44. The maximum Gasteiger partial charge on any atom is 0.165 e. The molecule has 1 aromatic carbocycles. The largest absolute Gasteiger partial charge is 0.399 e. The third-order valence-corrected chi connectivity index (χ3v) is 8.20. The first-order chi connectivity index (χ1) is 17.6. The maximum absolute atomic E-state index is 6.50. The van der Waals surface area contributed by atoms with Gasteiger partial charge in [-0.2, -0.15) is 9.61 Å². The first-order valence-corrected chi connectivity index (χ1v) is 13.1. The van der Waals surface area contributed by atoms with Gasteiger partial charge in [0.05, 0.1) is 6.20 Å². The monoisotopic (exact) mass is 484 g/mol. The van der Waals surface area contributed by atoms with Gasteiger partial charge in [0, 0.05) is 61.3 Å². The molecule has 2 saturated heterocycles. The van der Waals surface area contributed by atoms with Gasteiger partial charge in [-0.1, -0.05) is 30.4 Å². The molecule has 3 aromatic rings. The summed E-state index contributed by atoms with van der Waals surface area (Å²) in [4.78, 5) is 12.6. The molecule has 6 rings (SSSR count). The molecule has 188 valence electrons. The van der Waals surface area contributed by atoms with Crippen molar-refractivity contribution in [1.82, 2.24) is 29.3 Å². The van der Waals surface area contributed by atoms with Gasteiger partial charge in [0.15, 0.2) is 5.65 Å². The van der Waals surface area contributed by atoms with E-state index in [1.165, 1.54) is 44.6 Å². The second kappa shape index (κ2) is 9.69. The summed E-state index contributed by atoms with van der Waals surface area (Å²) in [5, 5.41) is 4.57. The van der Waals surface area contributed by atoms with Crippen LogP contribution in [0.2, 0.25) is 0 Å². The van der Waals surface area contributed by atoms with E-state index in [-0.39, 0.29) is 0 Å². The van der Waals surface area contributed by atoms with Crippen LogP contribution in [0, 0.1) is 0 Å². The number of nitrogens with two attached hydrogens (primary N) is 2. The minimum absolute atomic E-state index is 0.463. The lowest BCUT2D eigenvalue weighted by molar-refractivity contribution is 0.0548. The Morgan fingerprint density at radius 3 is 2.28 bits per heavy atom. The Bertz CT molecular complexity index is 1270. The quantitative estimate of drug-likeness (QED) is 0.550. The highest BCUT2D eigenvalue weighted by Gasteiger charge is 2.29. The lowest BCUT2D eigenvalue weighted by Crippen LogP contribution is -2.54. The summed E-state index contributed by atoms with van der Waals surface area (Å²) in [6, 6.07) is 8.89. The van der Waals surface area contributed by atoms with Gasteiger partial charge in [-0.05, 0) is 62.7 Å². The fraction of sp³-hybridized carbons (Fsp3) is 0.429. The van der Waals surface area contributed by atoms with E-state index in [1.54, 1.807) is 4.52 Å². The molecule has 1 unspecified atom stereocenters. The van der Waals surface area contributed by atoms with Crippen molar-refractivity contribution in [2.45, 2.75) is 31.3 Å². The number of aromatic nitrogens is 3. The Labute approximate surface area is 212 Å². The number of benzene rings is 1. The Kier molecular flexibility index (Phi) is 6.25. The molecule has 8 nitrogen and oxygen atoms in total. The normalized spacial score (nSPS) is 22.8. The molecular formula is C28H36N8. The Morgan fingerprint density at radius 1 is 0.861 bits per heavy atom. The van der Waals surface area contributed by atoms with Crippen LogP contribution >= 0.6 is 0 Å². The third-order valence-electron chi connectivity index (χ3n) is 8.20. The van der Waals surface area contributed by atoms with E-state index in [0.717, 1.165) is 53.6 Å². The second-order valence-corrected chi connectivity index (χ2v) is 10.4. The molecule has 8 heteroatoms. The van der Waals surface area contributed by atoms with Gasteiger partial charge >= 0.3 is 0 Å². The van der Waals surface area contributed by atoms with Gasteiger partial charge in [-0.15, -0.1) is 0 Å². The van der Waals surface area contributed by atoms with Crippen molar-refractivity contribution in [2.75, 3.05) is 57.8 Å². The topological polar surface area (TPSA) is 92.0 Å². The fourth-order valence-corrected chi connectivity index (χ4v) is 5.91. The average Bonchev–Trinajstić information content (AvgIpc) is 3.35. The van der Waals surface area contributed by atoms with Crippen molar-refractivity contribution in [1.29, 1.82) is 0 Å². The number of hydrogen-bond donors (Lipinski definition) is 2. The molecule has 2 fully saturated rings. The summed E-state index contributed by atoms with van der Waals surface area (Å²) < 4.78 is 1.74. The minimum Gasteiger partial charge on any atom is -0.399 e. The Balaban J connectivity index is 1.12. The van der Waals surface area contributed by atoms with Gasteiger partial charge in [0.1, 0.15) is 5.82 Å². The maximum atomic E-state index is 6.50. The number of fused-ring (bicyclic) bond motifs is 1. The predicted molar refractivity (Wildman–Crippen MR) is 146 cm³/mol. The van der Waals surface area contributed by atoms with Crippen LogP contribution in [-0.2, 0) is 0 Å². The van der Waals surface area contributed by atoms with Crippen molar-refractivity contribution >= 4 is 22.7 Å². The molecule has 36 heavy (non-hydrogen) atoms. The molecule has 0 saturated carbocycles. The van der Waals surface area contributed by atoms with Crippen LogP contribution in [0.1, 0.15) is 24.8 Å². The van der Waals surface area contributed by atoms with Gasteiger partial charge in [0.2, 0.25) is 0 Å². The standard InChI is InChI=1S/C28H36N8/c1-33-12-10-24(11-13-33)35-16-14-34(15-17-35)23-8-4-21(5-9-23)26-19-32-36-27(30)25(18-31-28(26)36)20-2-6-22(29)7-3-20/h2-8,18-19,23-24H,9-17,29-30H2,1H3. The van der Waals surface area contributed by atoms with E-state index >= 15 is 0 Å². The summed E-state index contributed by atoms with van der Waals surface area (Å²) in [5.41, 5.74) is 17.9. The third kappa shape index (κ3) is 4.40. The minimum atomic E-state index is 0.463. The number of piperidine rings is 1. The van der Waals surface area contributed by atoms with Crippen LogP contribution in [0.4, 0.5) is 11.5 Å². The number of nitrogen functional groups attached to an aromatic ring is 2.